The molecule has 2 aliphatic rings. The number of anilines is 1. The summed E-state index contributed by atoms with van der Waals surface area (Å²) in [5.74, 6) is 1.82. The highest BCUT2D eigenvalue weighted by atomic mass is 32.2. The first-order valence-electron chi connectivity index (χ1n) is 9.29. The lowest BCUT2D eigenvalue weighted by atomic mass is 10.1. The van der Waals surface area contributed by atoms with Gasteiger partial charge < -0.3 is 20.3 Å². The van der Waals surface area contributed by atoms with E-state index in [1.165, 1.54) is 18.6 Å². The molecule has 144 valence electrons. The molecule has 2 fully saturated rings. The lowest BCUT2D eigenvalue weighted by molar-refractivity contribution is 0.122. The van der Waals surface area contributed by atoms with Crippen molar-refractivity contribution in [2.24, 2.45) is 4.99 Å². The molecule has 5 nitrogen and oxygen atoms in total. The van der Waals surface area contributed by atoms with Crippen molar-refractivity contribution in [2.45, 2.75) is 31.1 Å². The van der Waals surface area contributed by atoms with Crippen molar-refractivity contribution < 1.29 is 9.13 Å². The van der Waals surface area contributed by atoms with E-state index in [0.717, 1.165) is 31.2 Å². The first-order valence-corrected chi connectivity index (χ1v) is 10.3. The molecule has 1 aromatic carbocycles. The number of nitrogens with one attached hydrogen (secondary N) is 2. The van der Waals surface area contributed by atoms with E-state index in [9.17, 15) is 4.39 Å². The third kappa shape index (κ3) is 5.04. The van der Waals surface area contributed by atoms with Gasteiger partial charge in [0.25, 0.3) is 0 Å². The molecule has 7 heteroatoms. The summed E-state index contributed by atoms with van der Waals surface area (Å²) < 4.78 is 20.1. The van der Waals surface area contributed by atoms with Crippen molar-refractivity contribution in [3.63, 3.8) is 0 Å². The fourth-order valence-electron chi connectivity index (χ4n) is 3.37. The quantitative estimate of drug-likeness (QED) is 0.607. The summed E-state index contributed by atoms with van der Waals surface area (Å²) in [5.41, 5.74) is 1.56. The summed E-state index contributed by atoms with van der Waals surface area (Å²) in [6.45, 7) is 6.52. The monoisotopic (exact) mass is 380 g/mol. The number of aliphatic imine (C=N–C) groups is 1. The van der Waals surface area contributed by atoms with Gasteiger partial charge in [-0.2, -0.15) is 11.8 Å². The molecule has 2 aliphatic heterocycles. The molecule has 1 aromatic rings. The number of thioether (sulfide) groups is 1. The van der Waals surface area contributed by atoms with E-state index in [1.807, 2.05) is 28.8 Å². The number of rotatable bonds is 5. The Bertz CT molecular complexity index is 628. The van der Waals surface area contributed by atoms with Gasteiger partial charge in [-0.05, 0) is 43.2 Å². The summed E-state index contributed by atoms with van der Waals surface area (Å²) in [5, 5.41) is 6.68. The van der Waals surface area contributed by atoms with Gasteiger partial charge in [0.15, 0.2) is 5.96 Å². The maximum atomic E-state index is 14.5. The minimum atomic E-state index is -0.177. The van der Waals surface area contributed by atoms with Gasteiger partial charge in [0.2, 0.25) is 0 Å². The van der Waals surface area contributed by atoms with E-state index < -0.39 is 0 Å². The van der Waals surface area contributed by atoms with Crippen molar-refractivity contribution in [1.29, 1.82) is 0 Å². The predicted octanol–water partition coefficient (Wildman–Crippen LogP) is 2.61. The molecule has 1 atom stereocenters. The van der Waals surface area contributed by atoms with Gasteiger partial charge >= 0.3 is 0 Å². The first-order chi connectivity index (χ1) is 12.6. The summed E-state index contributed by atoms with van der Waals surface area (Å²) in [6, 6.07) is 5.45. The molecule has 2 heterocycles. The van der Waals surface area contributed by atoms with Crippen LogP contribution in [0.3, 0.4) is 0 Å². The number of guanidine groups is 1. The van der Waals surface area contributed by atoms with Crippen molar-refractivity contribution in [1.82, 2.24) is 10.6 Å². The number of benzene rings is 1. The summed E-state index contributed by atoms with van der Waals surface area (Å²) in [4.78, 5) is 6.32. The summed E-state index contributed by atoms with van der Waals surface area (Å²) in [6.07, 6.45) is 2.51. The van der Waals surface area contributed by atoms with Crippen molar-refractivity contribution in [3.8, 4) is 0 Å². The Balaban J connectivity index is 1.52. The topological polar surface area (TPSA) is 48.9 Å². The fraction of sp³-hybridized carbons (Fsp3) is 0.632. The van der Waals surface area contributed by atoms with Crippen molar-refractivity contribution in [2.75, 3.05) is 50.5 Å². The molecule has 2 N–H and O–H groups in total. The minimum absolute atomic E-state index is 0.177. The van der Waals surface area contributed by atoms with Gasteiger partial charge in [-0.25, -0.2) is 4.39 Å². The standard InChI is InChI=1S/C19H29FN4OS/c1-19(6-3-11-26-19)14-23-18(21-2)22-13-15-4-5-17(16(20)12-15)24-7-9-25-10-8-24/h4-5,12H,3,6-11,13-14H2,1-2H3,(H2,21,22,23). The van der Waals surface area contributed by atoms with Crippen LogP contribution in [0, 0.1) is 5.82 Å². The SMILES string of the molecule is CN=C(NCc1ccc(N2CCOCC2)c(F)c1)NCC1(C)CCCS1. The Morgan fingerprint density at radius 3 is 2.81 bits per heavy atom. The van der Waals surface area contributed by atoms with Crippen molar-refractivity contribution in [3.05, 3.63) is 29.6 Å². The number of hydrogen-bond acceptors (Lipinski definition) is 4. The van der Waals surface area contributed by atoms with Gasteiger partial charge in [0, 0.05) is 38.0 Å². The Labute approximate surface area is 159 Å². The van der Waals surface area contributed by atoms with E-state index in [-0.39, 0.29) is 10.6 Å². The molecule has 0 aliphatic carbocycles. The summed E-state index contributed by atoms with van der Waals surface area (Å²) in [7, 11) is 1.77. The largest absolute Gasteiger partial charge is 0.378 e. The van der Waals surface area contributed by atoms with Gasteiger partial charge in [0.05, 0.1) is 18.9 Å². The molecule has 0 radical (unpaired) electrons. The molecule has 0 aromatic heterocycles. The second-order valence-corrected chi connectivity index (χ2v) is 8.75. The van der Waals surface area contributed by atoms with Crippen LogP contribution in [0.4, 0.5) is 10.1 Å². The van der Waals surface area contributed by atoms with Gasteiger partial charge in [-0.3, -0.25) is 4.99 Å². The van der Waals surface area contributed by atoms with Crippen LogP contribution in [-0.4, -0.2) is 56.4 Å². The van der Waals surface area contributed by atoms with Crippen molar-refractivity contribution >= 4 is 23.4 Å². The lowest BCUT2D eigenvalue weighted by Gasteiger charge is -2.29. The number of morpholine rings is 1. The van der Waals surface area contributed by atoms with E-state index in [4.69, 9.17) is 4.74 Å². The number of nitrogens with zero attached hydrogens (tertiary/aromatic N) is 2. The molecule has 26 heavy (non-hydrogen) atoms. The Morgan fingerprint density at radius 1 is 1.35 bits per heavy atom. The van der Waals surface area contributed by atoms with Crippen LogP contribution in [0.25, 0.3) is 0 Å². The van der Waals surface area contributed by atoms with E-state index in [1.54, 1.807) is 13.1 Å². The van der Waals surface area contributed by atoms with Crippen LogP contribution >= 0.6 is 11.8 Å². The minimum Gasteiger partial charge on any atom is -0.378 e. The molecule has 0 saturated carbocycles. The van der Waals surface area contributed by atoms with E-state index in [2.05, 4.69) is 22.5 Å². The average molecular weight is 381 g/mol. The molecular formula is C19H29FN4OS. The zero-order chi connectivity index (χ0) is 18.4. The molecular weight excluding hydrogens is 351 g/mol. The van der Waals surface area contributed by atoms with Crippen LogP contribution in [0.2, 0.25) is 0 Å². The lowest BCUT2D eigenvalue weighted by Crippen LogP contribution is -2.43. The molecule has 2 saturated heterocycles. The second kappa shape index (κ2) is 8.95. The molecule has 0 amide bonds. The first kappa shape index (κ1) is 19.3. The predicted molar refractivity (Wildman–Crippen MR) is 108 cm³/mol. The van der Waals surface area contributed by atoms with Crippen LogP contribution in [0.15, 0.2) is 23.2 Å². The molecule has 0 spiro atoms. The van der Waals surface area contributed by atoms with E-state index in [0.29, 0.717) is 25.4 Å². The summed E-state index contributed by atoms with van der Waals surface area (Å²) >= 11 is 2.02. The van der Waals surface area contributed by atoms with Gasteiger partial charge in [0.1, 0.15) is 5.82 Å². The second-order valence-electron chi connectivity index (χ2n) is 7.07. The molecule has 0 bridgehead atoms. The zero-order valence-corrected chi connectivity index (χ0v) is 16.5. The molecule has 3 rings (SSSR count). The normalized spacial score (nSPS) is 24.0. The average Bonchev–Trinajstić information content (AvgIpc) is 3.09. The van der Waals surface area contributed by atoms with Crippen LogP contribution in [0.5, 0.6) is 0 Å². The highest BCUT2D eigenvalue weighted by molar-refractivity contribution is 8.00. The maximum Gasteiger partial charge on any atom is 0.191 e. The highest BCUT2D eigenvalue weighted by Gasteiger charge is 2.29. The van der Waals surface area contributed by atoms with Crippen LogP contribution < -0.4 is 15.5 Å². The van der Waals surface area contributed by atoms with Crippen LogP contribution in [0.1, 0.15) is 25.3 Å². The van der Waals surface area contributed by atoms with Gasteiger partial charge in [-0.1, -0.05) is 6.07 Å². The Hall–Kier alpha value is -1.47. The Morgan fingerprint density at radius 2 is 2.15 bits per heavy atom. The van der Waals surface area contributed by atoms with Crippen LogP contribution in [-0.2, 0) is 11.3 Å². The van der Waals surface area contributed by atoms with Gasteiger partial charge in [-0.15, -0.1) is 0 Å². The third-order valence-corrected chi connectivity index (χ3v) is 6.52. The smallest absolute Gasteiger partial charge is 0.191 e. The maximum absolute atomic E-state index is 14.5. The number of halogens is 1. The zero-order valence-electron chi connectivity index (χ0n) is 15.7. The third-order valence-electron chi connectivity index (χ3n) is 4.98. The van der Waals surface area contributed by atoms with E-state index >= 15 is 0 Å². The molecule has 1 unspecified atom stereocenters. The Kier molecular flexibility index (Phi) is 6.64. The number of ether oxygens (including phenoxy) is 1. The fourth-order valence-corrected chi connectivity index (χ4v) is 4.62. The number of hydrogen-bond donors (Lipinski definition) is 2. The highest BCUT2D eigenvalue weighted by Crippen LogP contribution is 2.36.